The molecule has 18 heavy (non-hydrogen) atoms. The average molecular weight is 273 g/mol. The van der Waals surface area contributed by atoms with Gasteiger partial charge in [-0.3, -0.25) is 4.99 Å². The van der Waals surface area contributed by atoms with Crippen molar-refractivity contribution in [3.05, 3.63) is 23.0 Å². The van der Waals surface area contributed by atoms with Gasteiger partial charge in [0.2, 0.25) is 0 Å². The minimum atomic E-state index is 0.656. The van der Waals surface area contributed by atoms with Crippen molar-refractivity contribution in [2.45, 2.75) is 6.54 Å². The molecule has 1 N–H and O–H groups in total. The quantitative estimate of drug-likeness (QED) is 0.500. The molecule has 6 heteroatoms. The van der Waals surface area contributed by atoms with Gasteiger partial charge in [0, 0.05) is 46.7 Å². The van der Waals surface area contributed by atoms with Crippen LogP contribution >= 0.6 is 11.6 Å². The molecule has 0 unspecified atom stereocenters. The van der Waals surface area contributed by atoms with Gasteiger partial charge in [-0.1, -0.05) is 11.6 Å². The average Bonchev–Trinajstić information content (AvgIpc) is 2.63. The predicted octanol–water partition coefficient (Wildman–Crippen LogP) is 1.33. The summed E-state index contributed by atoms with van der Waals surface area (Å²) in [4.78, 5) is 6.27. The highest BCUT2D eigenvalue weighted by atomic mass is 35.5. The zero-order valence-electron chi connectivity index (χ0n) is 11.4. The third-order valence-corrected chi connectivity index (χ3v) is 2.84. The Labute approximate surface area is 113 Å². The predicted molar refractivity (Wildman–Crippen MR) is 75.1 cm³/mol. The first-order valence-electron chi connectivity index (χ1n) is 5.80. The number of hydrogen-bond acceptors (Lipinski definition) is 2. The Morgan fingerprint density at radius 1 is 1.61 bits per heavy atom. The van der Waals surface area contributed by atoms with Crippen molar-refractivity contribution in [2.75, 3.05) is 34.4 Å². The van der Waals surface area contributed by atoms with Crippen molar-refractivity contribution in [1.82, 2.24) is 14.8 Å². The first-order valence-corrected chi connectivity index (χ1v) is 6.17. The third kappa shape index (κ3) is 4.23. The molecule has 0 atom stereocenters. The van der Waals surface area contributed by atoms with Crippen LogP contribution in [0.25, 0.3) is 0 Å². The Bertz CT molecular complexity index is 403. The Morgan fingerprint density at radius 2 is 2.33 bits per heavy atom. The van der Waals surface area contributed by atoms with Crippen LogP contribution in [0.2, 0.25) is 5.02 Å². The summed E-state index contributed by atoms with van der Waals surface area (Å²) in [5, 5.41) is 3.98. The molecule has 1 aromatic rings. The summed E-state index contributed by atoms with van der Waals surface area (Å²) in [7, 11) is 7.42. The fourth-order valence-corrected chi connectivity index (χ4v) is 1.96. The van der Waals surface area contributed by atoms with Gasteiger partial charge < -0.3 is 19.5 Å². The van der Waals surface area contributed by atoms with Crippen LogP contribution in [0, 0.1) is 0 Å². The molecule has 0 bridgehead atoms. The van der Waals surface area contributed by atoms with E-state index < -0.39 is 0 Å². The summed E-state index contributed by atoms with van der Waals surface area (Å²) < 4.78 is 7.01. The van der Waals surface area contributed by atoms with Crippen LogP contribution in [0.3, 0.4) is 0 Å². The van der Waals surface area contributed by atoms with Crippen molar-refractivity contribution in [3.63, 3.8) is 0 Å². The van der Waals surface area contributed by atoms with E-state index in [-0.39, 0.29) is 0 Å². The van der Waals surface area contributed by atoms with E-state index in [0.717, 1.165) is 29.8 Å². The van der Waals surface area contributed by atoms with Crippen LogP contribution in [0.15, 0.2) is 17.3 Å². The smallest absolute Gasteiger partial charge is 0.193 e. The second-order valence-corrected chi connectivity index (χ2v) is 4.52. The van der Waals surface area contributed by atoms with E-state index in [9.17, 15) is 0 Å². The van der Waals surface area contributed by atoms with Gasteiger partial charge in [-0.15, -0.1) is 0 Å². The summed E-state index contributed by atoms with van der Waals surface area (Å²) in [6.07, 6.45) is 1.89. The number of aromatic nitrogens is 1. The molecule has 0 aliphatic rings. The maximum Gasteiger partial charge on any atom is 0.193 e. The molecule has 0 saturated heterocycles. The number of nitrogens with zero attached hydrogens (tertiary/aromatic N) is 3. The van der Waals surface area contributed by atoms with Crippen LogP contribution in [0.5, 0.6) is 0 Å². The molecule has 0 aliphatic carbocycles. The molecule has 0 aromatic carbocycles. The lowest BCUT2D eigenvalue weighted by atomic mass is 10.4. The van der Waals surface area contributed by atoms with Crippen molar-refractivity contribution < 1.29 is 4.74 Å². The van der Waals surface area contributed by atoms with Gasteiger partial charge in [0.25, 0.3) is 0 Å². The number of ether oxygens (including phenoxy) is 1. The summed E-state index contributed by atoms with van der Waals surface area (Å²) in [5.74, 6) is 0.837. The Morgan fingerprint density at radius 3 is 2.83 bits per heavy atom. The molecule has 0 fully saturated rings. The van der Waals surface area contributed by atoms with Gasteiger partial charge in [-0.25, -0.2) is 0 Å². The van der Waals surface area contributed by atoms with E-state index in [0.29, 0.717) is 6.61 Å². The van der Waals surface area contributed by atoms with E-state index >= 15 is 0 Å². The Hall–Kier alpha value is -1.20. The summed E-state index contributed by atoms with van der Waals surface area (Å²) in [5.41, 5.74) is 1.14. The van der Waals surface area contributed by atoms with Gasteiger partial charge in [-0.2, -0.15) is 0 Å². The number of aliphatic imine (C=N–C) groups is 1. The minimum Gasteiger partial charge on any atom is -0.383 e. The first-order chi connectivity index (χ1) is 8.58. The third-order valence-electron chi connectivity index (χ3n) is 2.64. The Kier molecular flexibility index (Phi) is 6.01. The molecule has 0 amide bonds. The van der Waals surface area contributed by atoms with Crippen LogP contribution in [0.1, 0.15) is 5.69 Å². The van der Waals surface area contributed by atoms with Crippen LogP contribution < -0.4 is 5.32 Å². The number of rotatable bonds is 5. The lowest BCUT2D eigenvalue weighted by Gasteiger charge is -2.22. The van der Waals surface area contributed by atoms with Gasteiger partial charge in [-0.05, 0) is 6.07 Å². The summed E-state index contributed by atoms with van der Waals surface area (Å²) in [6.45, 7) is 2.14. The van der Waals surface area contributed by atoms with Gasteiger partial charge in [0.1, 0.15) is 0 Å². The maximum absolute atomic E-state index is 5.96. The molecule has 1 aromatic heterocycles. The lowest BCUT2D eigenvalue weighted by molar-refractivity contribution is 0.203. The van der Waals surface area contributed by atoms with Crippen molar-refractivity contribution in [1.29, 1.82) is 0 Å². The number of nitrogens with one attached hydrogen (secondary N) is 1. The van der Waals surface area contributed by atoms with Crippen molar-refractivity contribution in [3.8, 4) is 0 Å². The van der Waals surface area contributed by atoms with Crippen molar-refractivity contribution >= 4 is 17.6 Å². The standard InChI is InChI=1S/C12H21ClN4O/c1-14-12(15-5-6-18-4)17(3)9-11-7-10(13)8-16(11)2/h7-8H,5-6,9H2,1-4H3,(H,14,15). The molecule has 1 rings (SSSR count). The molecule has 102 valence electrons. The fourth-order valence-electron chi connectivity index (χ4n) is 1.69. The molecular weight excluding hydrogens is 252 g/mol. The van der Waals surface area contributed by atoms with E-state index in [1.54, 1.807) is 14.2 Å². The topological polar surface area (TPSA) is 41.8 Å². The SMILES string of the molecule is CN=C(NCCOC)N(C)Cc1cc(Cl)cn1C. The fraction of sp³-hybridized carbons (Fsp3) is 0.583. The highest BCUT2D eigenvalue weighted by molar-refractivity contribution is 6.30. The van der Waals surface area contributed by atoms with E-state index in [4.69, 9.17) is 16.3 Å². The molecule has 5 nitrogen and oxygen atoms in total. The molecule has 0 saturated carbocycles. The van der Waals surface area contributed by atoms with Gasteiger partial charge in [0.05, 0.1) is 18.2 Å². The second-order valence-electron chi connectivity index (χ2n) is 4.08. The molecule has 0 radical (unpaired) electrons. The number of aryl methyl sites for hydroxylation is 1. The second kappa shape index (κ2) is 7.28. The molecule has 1 heterocycles. The van der Waals surface area contributed by atoms with E-state index in [1.165, 1.54) is 0 Å². The maximum atomic E-state index is 5.96. The number of hydrogen-bond donors (Lipinski definition) is 1. The van der Waals surface area contributed by atoms with Crippen LogP contribution in [0.4, 0.5) is 0 Å². The minimum absolute atomic E-state index is 0.656. The van der Waals surface area contributed by atoms with E-state index in [2.05, 4.69) is 10.3 Å². The van der Waals surface area contributed by atoms with Gasteiger partial charge >= 0.3 is 0 Å². The number of methoxy groups -OCH3 is 1. The highest BCUT2D eigenvalue weighted by Crippen LogP contribution is 2.14. The van der Waals surface area contributed by atoms with Gasteiger partial charge in [0.15, 0.2) is 5.96 Å². The zero-order valence-corrected chi connectivity index (χ0v) is 12.2. The van der Waals surface area contributed by atoms with Crippen molar-refractivity contribution in [2.24, 2.45) is 12.0 Å². The largest absolute Gasteiger partial charge is 0.383 e. The first kappa shape index (κ1) is 14.9. The monoisotopic (exact) mass is 272 g/mol. The lowest BCUT2D eigenvalue weighted by Crippen LogP contribution is -2.40. The Balaban J connectivity index is 2.57. The summed E-state index contributed by atoms with van der Waals surface area (Å²) in [6, 6.07) is 1.96. The normalized spacial score (nSPS) is 11.7. The zero-order chi connectivity index (χ0) is 13.5. The molecule has 0 aliphatic heterocycles. The highest BCUT2D eigenvalue weighted by Gasteiger charge is 2.09. The van der Waals surface area contributed by atoms with Crippen LogP contribution in [-0.2, 0) is 18.3 Å². The van der Waals surface area contributed by atoms with Crippen LogP contribution in [-0.4, -0.2) is 49.8 Å². The number of halogens is 1. The molecule has 0 spiro atoms. The summed E-state index contributed by atoms with van der Waals surface area (Å²) >= 11 is 5.96. The molecular formula is C12H21ClN4O. The number of guanidine groups is 1. The van der Waals surface area contributed by atoms with E-state index in [1.807, 2.05) is 35.8 Å².